The molecule has 7 heteroatoms. The molecule has 160 valence electrons. The highest BCUT2D eigenvalue weighted by molar-refractivity contribution is 7.80. The number of hydrogen-bond donors (Lipinski definition) is 2. The van der Waals surface area contributed by atoms with Crippen LogP contribution >= 0.6 is 23.6 Å². The molecule has 2 heterocycles. The van der Waals surface area contributed by atoms with Gasteiger partial charge in [-0.3, -0.25) is 4.98 Å². The largest absolute Gasteiger partial charge is 0.465 e. The van der Waals surface area contributed by atoms with Crippen LogP contribution in [0, 0.1) is 0 Å². The number of thiophene rings is 1. The second-order valence-electron chi connectivity index (χ2n) is 7.02. The number of ether oxygens (including phenoxy) is 1. The SMILES string of the molecule is COC(=O)c1cc(-c2ccccc2)sc1NC(=S)Nc1ccc(Cc2ccncc2)cc1. The van der Waals surface area contributed by atoms with Gasteiger partial charge in [-0.15, -0.1) is 11.3 Å². The van der Waals surface area contributed by atoms with Crippen molar-refractivity contribution in [1.29, 1.82) is 0 Å². The van der Waals surface area contributed by atoms with E-state index in [2.05, 4.69) is 27.8 Å². The third-order valence-corrected chi connectivity index (χ3v) is 6.10. The van der Waals surface area contributed by atoms with Crippen LogP contribution in [0.4, 0.5) is 10.7 Å². The Balaban J connectivity index is 1.45. The van der Waals surface area contributed by atoms with Crippen molar-refractivity contribution in [1.82, 2.24) is 4.98 Å². The number of hydrogen-bond acceptors (Lipinski definition) is 5. The molecule has 0 aliphatic carbocycles. The number of rotatable bonds is 6. The van der Waals surface area contributed by atoms with E-state index in [1.54, 1.807) is 12.4 Å². The average Bonchev–Trinajstić information content (AvgIpc) is 3.24. The van der Waals surface area contributed by atoms with Gasteiger partial charge in [-0.1, -0.05) is 42.5 Å². The maximum atomic E-state index is 12.3. The molecule has 2 N–H and O–H groups in total. The molecular formula is C25H21N3O2S2. The van der Waals surface area contributed by atoms with Crippen LogP contribution in [0.1, 0.15) is 21.5 Å². The Morgan fingerprint density at radius 1 is 0.969 bits per heavy atom. The Bertz CT molecular complexity index is 1210. The standard InChI is InChI=1S/C25H21N3O2S2/c1-30-24(29)21-16-22(19-5-3-2-4-6-19)32-23(21)28-25(31)27-20-9-7-17(8-10-20)15-18-11-13-26-14-12-18/h2-14,16H,15H2,1H3,(H2,27,28,31). The molecule has 0 aliphatic heterocycles. The number of nitrogens with zero attached hydrogens (tertiary/aromatic N) is 1. The number of aromatic nitrogens is 1. The molecule has 32 heavy (non-hydrogen) atoms. The summed E-state index contributed by atoms with van der Waals surface area (Å²) in [4.78, 5) is 17.3. The minimum atomic E-state index is -0.408. The lowest BCUT2D eigenvalue weighted by atomic mass is 10.1. The lowest BCUT2D eigenvalue weighted by Crippen LogP contribution is -2.19. The van der Waals surface area contributed by atoms with Crippen LogP contribution in [0.25, 0.3) is 10.4 Å². The van der Waals surface area contributed by atoms with Crippen molar-refractivity contribution in [3.8, 4) is 10.4 Å². The summed E-state index contributed by atoms with van der Waals surface area (Å²) in [6, 6.07) is 23.8. The monoisotopic (exact) mass is 459 g/mol. The molecule has 0 fully saturated rings. The highest BCUT2D eigenvalue weighted by Crippen LogP contribution is 2.36. The zero-order chi connectivity index (χ0) is 22.3. The van der Waals surface area contributed by atoms with E-state index in [0.717, 1.165) is 22.5 Å². The van der Waals surface area contributed by atoms with Crippen LogP contribution in [-0.4, -0.2) is 23.2 Å². The second kappa shape index (κ2) is 10.2. The predicted octanol–water partition coefficient (Wildman–Crippen LogP) is 6.00. The summed E-state index contributed by atoms with van der Waals surface area (Å²) in [5.41, 5.74) is 4.74. The second-order valence-corrected chi connectivity index (χ2v) is 8.48. The predicted molar refractivity (Wildman–Crippen MR) is 134 cm³/mol. The van der Waals surface area contributed by atoms with E-state index in [-0.39, 0.29) is 0 Å². The van der Waals surface area contributed by atoms with E-state index in [4.69, 9.17) is 17.0 Å². The normalized spacial score (nSPS) is 10.4. The first kappa shape index (κ1) is 21.7. The Labute approximate surface area is 196 Å². The van der Waals surface area contributed by atoms with Crippen molar-refractivity contribution in [2.45, 2.75) is 6.42 Å². The van der Waals surface area contributed by atoms with Crippen molar-refractivity contribution in [3.05, 3.63) is 102 Å². The Kier molecular flexibility index (Phi) is 6.89. The van der Waals surface area contributed by atoms with E-state index in [0.29, 0.717) is 15.7 Å². The maximum absolute atomic E-state index is 12.3. The number of carbonyl (C=O) groups is 1. The van der Waals surface area contributed by atoms with Gasteiger partial charge in [0.2, 0.25) is 0 Å². The fourth-order valence-electron chi connectivity index (χ4n) is 3.20. The highest BCUT2D eigenvalue weighted by Gasteiger charge is 2.18. The first-order valence-electron chi connectivity index (χ1n) is 9.96. The number of anilines is 2. The molecule has 0 atom stereocenters. The smallest absolute Gasteiger partial charge is 0.340 e. The molecule has 0 bridgehead atoms. The summed E-state index contributed by atoms with van der Waals surface area (Å²) in [6.45, 7) is 0. The fraction of sp³-hybridized carbons (Fsp3) is 0.0800. The fourth-order valence-corrected chi connectivity index (χ4v) is 4.54. The molecule has 5 nitrogen and oxygen atoms in total. The molecular weight excluding hydrogens is 438 g/mol. The van der Waals surface area contributed by atoms with Gasteiger partial charge in [0.05, 0.1) is 12.7 Å². The van der Waals surface area contributed by atoms with Crippen molar-refractivity contribution in [2.75, 3.05) is 17.7 Å². The molecule has 0 saturated heterocycles. The zero-order valence-electron chi connectivity index (χ0n) is 17.4. The van der Waals surface area contributed by atoms with Gasteiger partial charge in [0.15, 0.2) is 5.11 Å². The molecule has 0 unspecified atom stereocenters. The Morgan fingerprint density at radius 3 is 2.34 bits per heavy atom. The third kappa shape index (κ3) is 5.38. The zero-order valence-corrected chi connectivity index (χ0v) is 19.0. The minimum Gasteiger partial charge on any atom is -0.465 e. The van der Waals surface area contributed by atoms with Crippen LogP contribution in [0.2, 0.25) is 0 Å². The van der Waals surface area contributed by atoms with Gasteiger partial charge in [-0.05, 0) is 65.7 Å². The molecule has 4 aromatic rings. The Morgan fingerprint density at radius 2 is 1.66 bits per heavy atom. The average molecular weight is 460 g/mol. The van der Waals surface area contributed by atoms with Crippen LogP contribution in [0.3, 0.4) is 0 Å². The summed E-state index contributed by atoms with van der Waals surface area (Å²) in [5, 5.41) is 7.37. The van der Waals surface area contributed by atoms with Crippen molar-refractivity contribution in [2.24, 2.45) is 0 Å². The van der Waals surface area contributed by atoms with Crippen molar-refractivity contribution in [3.63, 3.8) is 0 Å². The minimum absolute atomic E-state index is 0.401. The topological polar surface area (TPSA) is 63.2 Å². The van der Waals surface area contributed by atoms with Gasteiger partial charge in [-0.2, -0.15) is 0 Å². The van der Waals surface area contributed by atoms with Gasteiger partial charge >= 0.3 is 5.97 Å². The molecule has 2 aromatic heterocycles. The number of thiocarbonyl (C=S) groups is 1. The maximum Gasteiger partial charge on any atom is 0.340 e. The Hall–Kier alpha value is -3.55. The van der Waals surface area contributed by atoms with Crippen molar-refractivity contribution >= 4 is 45.3 Å². The van der Waals surface area contributed by atoms with Gasteiger partial charge in [0.1, 0.15) is 5.00 Å². The van der Waals surface area contributed by atoms with E-state index in [1.165, 1.54) is 29.6 Å². The van der Waals surface area contributed by atoms with Crippen LogP contribution in [0.5, 0.6) is 0 Å². The number of pyridine rings is 1. The molecule has 2 aromatic carbocycles. The van der Waals surface area contributed by atoms with Gasteiger partial charge < -0.3 is 15.4 Å². The number of nitrogens with one attached hydrogen (secondary N) is 2. The van der Waals surface area contributed by atoms with Crippen molar-refractivity contribution < 1.29 is 9.53 Å². The van der Waals surface area contributed by atoms with Gasteiger partial charge in [-0.25, -0.2) is 4.79 Å². The third-order valence-electron chi connectivity index (χ3n) is 4.79. The van der Waals surface area contributed by atoms with Gasteiger partial charge in [0, 0.05) is 23.0 Å². The lowest BCUT2D eigenvalue weighted by molar-refractivity contribution is 0.0602. The number of esters is 1. The highest BCUT2D eigenvalue weighted by atomic mass is 32.1. The first-order valence-corrected chi connectivity index (χ1v) is 11.2. The summed E-state index contributed by atoms with van der Waals surface area (Å²) < 4.78 is 4.95. The molecule has 0 amide bonds. The van der Waals surface area contributed by atoms with E-state index in [9.17, 15) is 4.79 Å². The van der Waals surface area contributed by atoms with Crippen LogP contribution < -0.4 is 10.6 Å². The first-order chi connectivity index (χ1) is 15.6. The number of methoxy groups -OCH3 is 1. The summed E-state index contributed by atoms with van der Waals surface area (Å²) >= 11 is 6.94. The molecule has 4 rings (SSSR count). The quantitative estimate of drug-likeness (QED) is 0.273. The number of carbonyl (C=O) groups excluding carboxylic acids is 1. The lowest BCUT2D eigenvalue weighted by Gasteiger charge is -2.11. The molecule has 0 aliphatic rings. The van der Waals surface area contributed by atoms with E-state index in [1.807, 2.05) is 60.7 Å². The van der Waals surface area contributed by atoms with Gasteiger partial charge in [0.25, 0.3) is 0 Å². The molecule has 0 spiro atoms. The summed E-state index contributed by atoms with van der Waals surface area (Å²) in [5.74, 6) is -0.408. The molecule has 0 saturated carbocycles. The number of benzene rings is 2. The summed E-state index contributed by atoms with van der Waals surface area (Å²) in [6.07, 6.45) is 4.43. The van der Waals surface area contributed by atoms with E-state index < -0.39 is 5.97 Å². The van der Waals surface area contributed by atoms with E-state index >= 15 is 0 Å². The molecule has 0 radical (unpaired) electrons. The summed E-state index contributed by atoms with van der Waals surface area (Å²) in [7, 11) is 1.37. The van der Waals surface area contributed by atoms with Crippen LogP contribution in [0.15, 0.2) is 85.2 Å². The van der Waals surface area contributed by atoms with Crippen LogP contribution in [-0.2, 0) is 11.2 Å².